The first-order chi connectivity index (χ1) is 9.54. The van der Waals surface area contributed by atoms with Crippen LogP contribution in [0.3, 0.4) is 0 Å². The van der Waals surface area contributed by atoms with Crippen molar-refractivity contribution in [3.8, 4) is 0 Å². The predicted octanol–water partition coefficient (Wildman–Crippen LogP) is 3.08. The van der Waals surface area contributed by atoms with Crippen LogP contribution in [0, 0.1) is 0 Å². The third-order valence-electron chi connectivity index (χ3n) is 2.31. The number of carboxylic acid groups (broad SMARTS) is 1. The van der Waals surface area contributed by atoms with Crippen molar-refractivity contribution in [3.05, 3.63) is 53.2 Å². The average Bonchev–Trinajstić information content (AvgIpc) is 2.41. The van der Waals surface area contributed by atoms with Crippen molar-refractivity contribution in [2.75, 3.05) is 10.6 Å². The van der Waals surface area contributed by atoms with Crippen molar-refractivity contribution in [1.82, 2.24) is 4.98 Å². The van der Waals surface area contributed by atoms with Gasteiger partial charge in [0.1, 0.15) is 5.82 Å². The molecule has 1 aromatic carbocycles. The fourth-order valence-corrected chi connectivity index (χ4v) is 1.56. The summed E-state index contributed by atoms with van der Waals surface area (Å²) in [6.45, 7) is 0. The number of nitrogens with one attached hydrogen (secondary N) is 2. The number of hydrogen-bond acceptors (Lipinski definition) is 3. The van der Waals surface area contributed by atoms with Crippen LogP contribution in [0.2, 0.25) is 5.02 Å². The van der Waals surface area contributed by atoms with E-state index in [4.69, 9.17) is 16.7 Å². The number of urea groups is 1. The van der Waals surface area contributed by atoms with Crippen molar-refractivity contribution in [3.63, 3.8) is 0 Å². The number of rotatable bonds is 3. The highest BCUT2D eigenvalue weighted by Crippen LogP contribution is 2.13. The Balaban J connectivity index is 2.02. The minimum atomic E-state index is -1.16. The van der Waals surface area contributed by atoms with E-state index in [9.17, 15) is 9.59 Å². The SMILES string of the molecule is O=C(Nc1ccc(Cl)cc1)Nc1cccc(C(=O)O)n1. The fraction of sp³-hybridized carbons (Fsp3) is 0. The van der Waals surface area contributed by atoms with Gasteiger partial charge in [-0.15, -0.1) is 0 Å². The van der Waals surface area contributed by atoms with Crippen molar-refractivity contribution < 1.29 is 14.7 Å². The molecule has 7 heteroatoms. The van der Waals surface area contributed by atoms with E-state index >= 15 is 0 Å². The summed E-state index contributed by atoms with van der Waals surface area (Å²) in [7, 11) is 0. The van der Waals surface area contributed by atoms with E-state index in [0.717, 1.165) is 0 Å². The van der Waals surface area contributed by atoms with E-state index in [1.807, 2.05) is 0 Å². The van der Waals surface area contributed by atoms with Crippen molar-refractivity contribution in [2.45, 2.75) is 0 Å². The number of pyridine rings is 1. The van der Waals surface area contributed by atoms with Gasteiger partial charge >= 0.3 is 12.0 Å². The number of benzene rings is 1. The predicted molar refractivity (Wildman–Crippen MR) is 75.3 cm³/mol. The molecule has 0 spiro atoms. The Bertz CT molecular complexity index is 644. The number of aromatic nitrogens is 1. The monoisotopic (exact) mass is 291 g/mol. The molecule has 0 aliphatic carbocycles. The van der Waals surface area contributed by atoms with Crippen LogP contribution in [0.1, 0.15) is 10.5 Å². The second-order valence-electron chi connectivity index (χ2n) is 3.80. The van der Waals surface area contributed by atoms with Gasteiger partial charge in [0.15, 0.2) is 5.69 Å². The topological polar surface area (TPSA) is 91.3 Å². The molecule has 1 heterocycles. The molecule has 0 atom stereocenters. The summed E-state index contributed by atoms with van der Waals surface area (Å²) >= 11 is 5.73. The number of halogens is 1. The number of carboxylic acids is 1. The van der Waals surface area contributed by atoms with Gasteiger partial charge in [-0.1, -0.05) is 17.7 Å². The van der Waals surface area contributed by atoms with E-state index in [1.165, 1.54) is 18.2 Å². The Morgan fingerprint density at radius 3 is 2.40 bits per heavy atom. The van der Waals surface area contributed by atoms with Gasteiger partial charge in [0.2, 0.25) is 0 Å². The number of amides is 2. The molecular weight excluding hydrogens is 282 g/mol. The van der Waals surface area contributed by atoms with Crippen LogP contribution in [-0.2, 0) is 0 Å². The van der Waals surface area contributed by atoms with Gasteiger partial charge in [-0.05, 0) is 36.4 Å². The van der Waals surface area contributed by atoms with Gasteiger partial charge in [0.05, 0.1) is 0 Å². The van der Waals surface area contributed by atoms with Gasteiger partial charge in [0.25, 0.3) is 0 Å². The summed E-state index contributed by atoms with van der Waals surface area (Å²) in [6, 6.07) is 10.4. The molecule has 0 unspecified atom stereocenters. The molecule has 102 valence electrons. The molecule has 0 bridgehead atoms. The Morgan fingerprint density at radius 1 is 1.05 bits per heavy atom. The van der Waals surface area contributed by atoms with Gasteiger partial charge in [-0.25, -0.2) is 14.6 Å². The Labute approximate surface area is 119 Å². The molecule has 2 amide bonds. The van der Waals surface area contributed by atoms with Crippen LogP contribution in [0.4, 0.5) is 16.3 Å². The van der Waals surface area contributed by atoms with Gasteiger partial charge < -0.3 is 10.4 Å². The molecular formula is C13H10ClN3O3. The lowest BCUT2D eigenvalue weighted by molar-refractivity contribution is 0.0690. The van der Waals surface area contributed by atoms with E-state index in [-0.39, 0.29) is 11.5 Å². The van der Waals surface area contributed by atoms with E-state index < -0.39 is 12.0 Å². The van der Waals surface area contributed by atoms with Gasteiger partial charge in [0, 0.05) is 10.7 Å². The van der Waals surface area contributed by atoms with Crippen LogP contribution < -0.4 is 10.6 Å². The van der Waals surface area contributed by atoms with Crippen LogP contribution >= 0.6 is 11.6 Å². The number of carbonyl (C=O) groups is 2. The summed E-state index contributed by atoms with van der Waals surface area (Å²) < 4.78 is 0. The van der Waals surface area contributed by atoms with Crippen molar-refractivity contribution >= 4 is 35.1 Å². The normalized spacial score (nSPS) is 9.85. The summed E-state index contributed by atoms with van der Waals surface area (Å²) in [6.07, 6.45) is 0. The zero-order valence-electron chi connectivity index (χ0n) is 10.1. The lowest BCUT2D eigenvalue weighted by Gasteiger charge is -2.07. The molecule has 6 nitrogen and oxygen atoms in total. The van der Waals surface area contributed by atoms with Crippen LogP contribution in [0.5, 0.6) is 0 Å². The molecule has 0 radical (unpaired) electrons. The third kappa shape index (κ3) is 3.69. The highest BCUT2D eigenvalue weighted by atomic mass is 35.5. The van der Waals surface area contributed by atoms with E-state index in [2.05, 4.69) is 15.6 Å². The molecule has 3 N–H and O–H groups in total. The molecule has 0 fully saturated rings. The minimum Gasteiger partial charge on any atom is -0.477 e. The maximum atomic E-state index is 11.7. The third-order valence-corrected chi connectivity index (χ3v) is 2.56. The largest absolute Gasteiger partial charge is 0.477 e. The number of carbonyl (C=O) groups excluding carboxylic acids is 1. The number of hydrogen-bond donors (Lipinski definition) is 3. The van der Waals surface area contributed by atoms with Crippen LogP contribution in [0.25, 0.3) is 0 Å². The second-order valence-corrected chi connectivity index (χ2v) is 4.24. The minimum absolute atomic E-state index is 0.144. The summed E-state index contributed by atoms with van der Waals surface area (Å²) in [5.74, 6) is -1.01. The molecule has 0 saturated carbocycles. The highest BCUT2D eigenvalue weighted by Gasteiger charge is 2.07. The zero-order valence-corrected chi connectivity index (χ0v) is 10.9. The van der Waals surface area contributed by atoms with E-state index in [0.29, 0.717) is 10.7 Å². The zero-order chi connectivity index (χ0) is 14.5. The first-order valence-corrected chi connectivity index (χ1v) is 5.96. The van der Waals surface area contributed by atoms with Gasteiger partial charge in [-0.2, -0.15) is 0 Å². The van der Waals surface area contributed by atoms with E-state index in [1.54, 1.807) is 24.3 Å². The average molecular weight is 292 g/mol. The number of aromatic carboxylic acids is 1. The standard InChI is InChI=1S/C13H10ClN3O3/c14-8-4-6-9(7-5-8)15-13(20)17-11-3-1-2-10(16-11)12(18)19/h1-7H,(H,18,19)(H2,15,16,17,20). The number of nitrogens with zero attached hydrogens (tertiary/aromatic N) is 1. The van der Waals surface area contributed by atoms with Crippen molar-refractivity contribution in [1.29, 1.82) is 0 Å². The Kier molecular flexibility index (Phi) is 4.17. The van der Waals surface area contributed by atoms with Crippen LogP contribution in [-0.4, -0.2) is 22.1 Å². The Hall–Kier alpha value is -2.60. The van der Waals surface area contributed by atoms with Gasteiger partial charge in [-0.3, -0.25) is 5.32 Å². The maximum absolute atomic E-state index is 11.7. The molecule has 2 aromatic rings. The quantitative estimate of drug-likeness (QED) is 0.810. The summed E-state index contributed by atoms with van der Waals surface area (Å²) in [5, 5.41) is 14.4. The molecule has 2 rings (SSSR count). The summed E-state index contributed by atoms with van der Waals surface area (Å²) in [4.78, 5) is 26.2. The molecule has 1 aromatic heterocycles. The molecule has 0 aliphatic rings. The summed E-state index contributed by atoms with van der Waals surface area (Å²) in [5.41, 5.74) is 0.413. The molecule has 0 aliphatic heterocycles. The second kappa shape index (κ2) is 6.03. The smallest absolute Gasteiger partial charge is 0.354 e. The Morgan fingerprint density at radius 2 is 1.75 bits per heavy atom. The van der Waals surface area contributed by atoms with Crippen molar-refractivity contribution in [2.24, 2.45) is 0 Å². The first-order valence-electron chi connectivity index (χ1n) is 5.58. The molecule has 0 saturated heterocycles. The van der Waals surface area contributed by atoms with Crippen LogP contribution in [0.15, 0.2) is 42.5 Å². The molecule has 20 heavy (non-hydrogen) atoms. The first kappa shape index (κ1) is 13.8. The lowest BCUT2D eigenvalue weighted by atomic mass is 10.3. The maximum Gasteiger partial charge on any atom is 0.354 e. The number of anilines is 2. The highest BCUT2D eigenvalue weighted by molar-refractivity contribution is 6.30. The fourth-order valence-electron chi connectivity index (χ4n) is 1.44. The lowest BCUT2D eigenvalue weighted by Crippen LogP contribution is -2.20.